The third-order valence-corrected chi connectivity index (χ3v) is 4.56. The summed E-state index contributed by atoms with van der Waals surface area (Å²) in [6, 6.07) is 5.68. The van der Waals surface area contributed by atoms with Gasteiger partial charge in [-0.15, -0.1) is 0 Å². The minimum atomic E-state index is -0.0405. The third kappa shape index (κ3) is 6.59. The van der Waals surface area contributed by atoms with Crippen molar-refractivity contribution in [3.05, 3.63) is 29.8 Å². The number of carbonyl (C=O) groups is 2. The Balaban J connectivity index is 1.98. The van der Waals surface area contributed by atoms with Gasteiger partial charge in [0.1, 0.15) is 0 Å². The highest BCUT2D eigenvalue weighted by atomic mass is 16.5. The molecule has 1 aliphatic heterocycles. The summed E-state index contributed by atoms with van der Waals surface area (Å²) >= 11 is 0. The van der Waals surface area contributed by atoms with Crippen molar-refractivity contribution in [1.82, 2.24) is 10.2 Å². The fourth-order valence-corrected chi connectivity index (χ4v) is 3.27. The van der Waals surface area contributed by atoms with Gasteiger partial charge in [0, 0.05) is 31.6 Å². The number of piperidine rings is 1. The number of hydrogen-bond acceptors (Lipinski definition) is 4. The quantitative estimate of drug-likeness (QED) is 0.659. The van der Waals surface area contributed by atoms with Crippen LogP contribution in [-0.4, -0.2) is 49.1 Å². The number of nitrogens with one attached hydrogen (secondary N) is 1. The zero-order valence-electron chi connectivity index (χ0n) is 17.2. The predicted molar refractivity (Wildman–Crippen MR) is 110 cm³/mol. The summed E-state index contributed by atoms with van der Waals surface area (Å²) in [5, 5.41) is 3.03. The first-order chi connectivity index (χ1) is 13.6. The van der Waals surface area contributed by atoms with E-state index in [2.05, 4.69) is 5.32 Å². The molecule has 1 unspecified atom stereocenters. The number of ether oxygens (including phenoxy) is 2. The first kappa shape index (κ1) is 21.8. The van der Waals surface area contributed by atoms with Crippen LogP contribution >= 0.6 is 0 Å². The van der Waals surface area contributed by atoms with Crippen LogP contribution in [0.15, 0.2) is 24.3 Å². The highest BCUT2D eigenvalue weighted by Crippen LogP contribution is 2.29. The first-order valence-corrected chi connectivity index (χ1v) is 10.2. The van der Waals surface area contributed by atoms with Gasteiger partial charge in [-0.05, 0) is 56.9 Å². The highest BCUT2D eigenvalue weighted by Gasteiger charge is 2.23. The van der Waals surface area contributed by atoms with Crippen molar-refractivity contribution in [1.29, 1.82) is 0 Å². The van der Waals surface area contributed by atoms with E-state index in [0.717, 1.165) is 31.4 Å². The second-order valence-corrected chi connectivity index (χ2v) is 6.85. The lowest BCUT2D eigenvalue weighted by Crippen LogP contribution is -2.49. The van der Waals surface area contributed by atoms with Gasteiger partial charge in [0.2, 0.25) is 11.8 Å². The first-order valence-electron chi connectivity index (χ1n) is 10.2. The highest BCUT2D eigenvalue weighted by molar-refractivity contribution is 5.92. The molecule has 6 nitrogen and oxygen atoms in total. The number of rotatable bonds is 9. The molecule has 1 atom stereocenters. The number of nitrogens with zero attached hydrogens (tertiary/aromatic N) is 1. The Morgan fingerprint density at radius 2 is 1.93 bits per heavy atom. The fraction of sp³-hybridized carbons (Fsp3) is 0.545. The van der Waals surface area contributed by atoms with Crippen molar-refractivity contribution in [2.24, 2.45) is 0 Å². The summed E-state index contributed by atoms with van der Waals surface area (Å²) in [6.45, 7) is 8.23. The molecule has 2 rings (SSSR count). The van der Waals surface area contributed by atoms with E-state index in [1.807, 2.05) is 39.0 Å². The van der Waals surface area contributed by atoms with Crippen LogP contribution in [0.1, 0.15) is 52.0 Å². The predicted octanol–water partition coefficient (Wildman–Crippen LogP) is 3.40. The average Bonchev–Trinajstić information content (AvgIpc) is 2.68. The van der Waals surface area contributed by atoms with Gasteiger partial charge in [0.25, 0.3) is 0 Å². The van der Waals surface area contributed by atoms with Gasteiger partial charge < -0.3 is 19.7 Å². The van der Waals surface area contributed by atoms with Crippen LogP contribution in [0.2, 0.25) is 0 Å². The Bertz CT molecular complexity index is 687. The van der Waals surface area contributed by atoms with Gasteiger partial charge in [-0.3, -0.25) is 9.59 Å². The largest absolute Gasteiger partial charge is 0.490 e. The monoisotopic (exact) mass is 388 g/mol. The minimum absolute atomic E-state index is 0.0405. The molecule has 6 heteroatoms. The number of likely N-dealkylation sites (tertiary alicyclic amines) is 1. The van der Waals surface area contributed by atoms with Crippen molar-refractivity contribution in [2.45, 2.75) is 52.5 Å². The second kappa shape index (κ2) is 11.4. The summed E-state index contributed by atoms with van der Waals surface area (Å²) in [6.07, 6.45) is 6.55. The van der Waals surface area contributed by atoms with E-state index in [0.29, 0.717) is 37.7 Å². The molecule has 0 saturated carbocycles. The summed E-state index contributed by atoms with van der Waals surface area (Å²) in [7, 11) is 0. The molecule has 28 heavy (non-hydrogen) atoms. The van der Waals surface area contributed by atoms with Gasteiger partial charge in [0.05, 0.1) is 13.2 Å². The maximum Gasteiger partial charge on any atom is 0.246 e. The number of benzene rings is 1. The van der Waals surface area contributed by atoms with E-state index in [1.165, 1.54) is 0 Å². The molecular formula is C22H32N2O4. The Morgan fingerprint density at radius 1 is 1.18 bits per heavy atom. The van der Waals surface area contributed by atoms with Crippen LogP contribution in [0.25, 0.3) is 6.08 Å². The van der Waals surface area contributed by atoms with Crippen LogP contribution in [0.4, 0.5) is 0 Å². The minimum Gasteiger partial charge on any atom is -0.490 e. The van der Waals surface area contributed by atoms with Gasteiger partial charge >= 0.3 is 0 Å². The Morgan fingerprint density at radius 3 is 2.64 bits per heavy atom. The molecule has 0 bridgehead atoms. The molecule has 154 valence electrons. The summed E-state index contributed by atoms with van der Waals surface area (Å²) in [5.41, 5.74) is 0.880. The van der Waals surface area contributed by atoms with Crippen LogP contribution in [0.5, 0.6) is 11.5 Å². The van der Waals surface area contributed by atoms with Gasteiger partial charge in [0.15, 0.2) is 11.5 Å². The normalized spacial score (nSPS) is 16.8. The molecule has 0 spiro atoms. The van der Waals surface area contributed by atoms with Crippen molar-refractivity contribution in [2.75, 3.05) is 26.3 Å². The SMILES string of the molecule is CCCC(=O)NC1CCCN(C(=O)/C=C/c2ccc(OCC)c(OCC)c2)C1. The standard InChI is InChI=1S/C22H32N2O4/c1-4-8-21(25)23-18-9-7-14-24(16-18)22(26)13-11-17-10-12-19(27-5-2)20(15-17)28-6-3/h10-13,15,18H,4-9,14,16H2,1-3H3,(H,23,25)/b13-11+. The summed E-state index contributed by atoms with van der Waals surface area (Å²) < 4.78 is 11.2. The summed E-state index contributed by atoms with van der Waals surface area (Å²) in [5.74, 6) is 1.40. The van der Waals surface area contributed by atoms with Crippen molar-refractivity contribution < 1.29 is 19.1 Å². The number of carbonyl (C=O) groups excluding carboxylic acids is 2. The number of amides is 2. The zero-order valence-corrected chi connectivity index (χ0v) is 17.2. The smallest absolute Gasteiger partial charge is 0.246 e. The molecule has 1 heterocycles. The van der Waals surface area contributed by atoms with E-state index in [4.69, 9.17) is 9.47 Å². The Hall–Kier alpha value is -2.50. The summed E-state index contributed by atoms with van der Waals surface area (Å²) in [4.78, 5) is 26.2. The van der Waals surface area contributed by atoms with Crippen LogP contribution in [0, 0.1) is 0 Å². The average molecular weight is 389 g/mol. The van der Waals surface area contributed by atoms with Crippen LogP contribution in [0.3, 0.4) is 0 Å². The van der Waals surface area contributed by atoms with E-state index in [-0.39, 0.29) is 17.9 Å². The van der Waals surface area contributed by atoms with E-state index in [1.54, 1.807) is 17.1 Å². The second-order valence-electron chi connectivity index (χ2n) is 6.85. The van der Waals surface area contributed by atoms with E-state index < -0.39 is 0 Å². The lowest BCUT2D eigenvalue weighted by atomic mass is 10.0. The molecule has 1 aliphatic rings. The van der Waals surface area contributed by atoms with Crippen LogP contribution < -0.4 is 14.8 Å². The fourth-order valence-electron chi connectivity index (χ4n) is 3.27. The zero-order chi connectivity index (χ0) is 20.4. The molecule has 1 N–H and O–H groups in total. The lowest BCUT2D eigenvalue weighted by molar-refractivity contribution is -0.129. The van der Waals surface area contributed by atoms with Crippen molar-refractivity contribution in [3.8, 4) is 11.5 Å². The maximum absolute atomic E-state index is 12.6. The molecule has 0 aromatic heterocycles. The molecular weight excluding hydrogens is 356 g/mol. The van der Waals surface area contributed by atoms with Crippen molar-refractivity contribution in [3.63, 3.8) is 0 Å². The van der Waals surface area contributed by atoms with E-state index >= 15 is 0 Å². The van der Waals surface area contributed by atoms with Crippen LogP contribution in [-0.2, 0) is 9.59 Å². The Labute approximate surface area is 167 Å². The topological polar surface area (TPSA) is 67.9 Å². The molecule has 1 aromatic carbocycles. The lowest BCUT2D eigenvalue weighted by Gasteiger charge is -2.32. The Kier molecular flexibility index (Phi) is 8.85. The molecule has 1 aromatic rings. The van der Waals surface area contributed by atoms with Crippen molar-refractivity contribution >= 4 is 17.9 Å². The van der Waals surface area contributed by atoms with E-state index in [9.17, 15) is 9.59 Å². The molecule has 0 aliphatic carbocycles. The third-order valence-electron chi connectivity index (χ3n) is 4.56. The van der Waals surface area contributed by atoms with Gasteiger partial charge in [-0.1, -0.05) is 13.0 Å². The molecule has 0 radical (unpaired) electrons. The van der Waals surface area contributed by atoms with Gasteiger partial charge in [-0.2, -0.15) is 0 Å². The van der Waals surface area contributed by atoms with Gasteiger partial charge in [-0.25, -0.2) is 0 Å². The molecule has 1 fully saturated rings. The maximum atomic E-state index is 12.6. The number of hydrogen-bond donors (Lipinski definition) is 1. The molecule has 2 amide bonds. The molecule has 1 saturated heterocycles.